The van der Waals surface area contributed by atoms with Gasteiger partial charge in [-0.25, -0.2) is 4.39 Å². The maximum Gasteiger partial charge on any atom is 0.245 e. The molecule has 120 valence electrons. The van der Waals surface area contributed by atoms with E-state index >= 15 is 0 Å². The van der Waals surface area contributed by atoms with Gasteiger partial charge in [0.05, 0.1) is 11.8 Å². The molecular weight excluding hydrogens is 351 g/mol. The number of benzene rings is 1. The van der Waals surface area contributed by atoms with Crippen molar-refractivity contribution in [2.45, 2.75) is 38.3 Å². The van der Waals surface area contributed by atoms with E-state index in [0.29, 0.717) is 11.1 Å². The van der Waals surface area contributed by atoms with Crippen LogP contribution in [0.4, 0.5) is 10.1 Å². The van der Waals surface area contributed by atoms with Crippen molar-refractivity contribution in [2.75, 3.05) is 11.9 Å². The molecule has 3 rings (SSSR count). The van der Waals surface area contributed by atoms with Crippen LogP contribution in [0.3, 0.4) is 0 Å². The van der Waals surface area contributed by atoms with Crippen LogP contribution in [0.15, 0.2) is 22.7 Å². The molecule has 1 saturated carbocycles. The molecule has 2 fully saturated rings. The highest BCUT2D eigenvalue weighted by atomic mass is 79.9. The number of amides is 1. The van der Waals surface area contributed by atoms with Crippen LogP contribution in [0.25, 0.3) is 0 Å². The third kappa shape index (κ3) is 2.12. The van der Waals surface area contributed by atoms with Crippen molar-refractivity contribution in [3.63, 3.8) is 0 Å². The van der Waals surface area contributed by atoms with Crippen LogP contribution in [-0.2, 0) is 9.53 Å². The van der Waals surface area contributed by atoms with Crippen molar-refractivity contribution < 1.29 is 13.9 Å². The first kappa shape index (κ1) is 15.9. The van der Waals surface area contributed by atoms with Crippen LogP contribution in [0, 0.1) is 17.2 Å². The quantitative estimate of drug-likeness (QED) is 0.840. The van der Waals surface area contributed by atoms with Crippen LogP contribution < -0.4 is 11.1 Å². The van der Waals surface area contributed by atoms with Crippen LogP contribution in [-0.4, -0.2) is 24.2 Å². The molecule has 2 aliphatic rings. The standard InChI is InChI=1S/C16H20BrFN2O2/c1-15(2)13-10(4-3-7-22-13)16(15,19)14(21)20-12-8-9(17)5-6-11(12)18/h5-6,8,10,13H,3-4,7,19H2,1-2H3,(H,20,21). The number of carbonyl (C=O) groups is 1. The number of anilines is 1. The number of hydrogen-bond donors (Lipinski definition) is 2. The van der Waals surface area contributed by atoms with Gasteiger partial charge in [-0.15, -0.1) is 0 Å². The van der Waals surface area contributed by atoms with Crippen LogP contribution in [0.1, 0.15) is 26.7 Å². The molecule has 0 radical (unpaired) electrons. The zero-order valence-electron chi connectivity index (χ0n) is 12.7. The highest BCUT2D eigenvalue weighted by Crippen LogP contribution is 2.57. The molecule has 3 unspecified atom stereocenters. The lowest BCUT2D eigenvalue weighted by Crippen LogP contribution is -2.81. The summed E-state index contributed by atoms with van der Waals surface area (Å²) in [6, 6.07) is 4.43. The Bertz CT molecular complexity index is 622. The summed E-state index contributed by atoms with van der Waals surface area (Å²) in [5.74, 6) is -0.846. The summed E-state index contributed by atoms with van der Waals surface area (Å²) in [6.45, 7) is 4.59. The highest BCUT2D eigenvalue weighted by Gasteiger charge is 2.70. The molecule has 1 heterocycles. The van der Waals surface area contributed by atoms with Gasteiger partial charge in [-0.1, -0.05) is 29.8 Å². The van der Waals surface area contributed by atoms with Gasteiger partial charge in [0, 0.05) is 22.4 Å². The van der Waals surface area contributed by atoms with E-state index in [4.69, 9.17) is 10.5 Å². The van der Waals surface area contributed by atoms with Crippen molar-refractivity contribution in [3.8, 4) is 0 Å². The number of rotatable bonds is 2. The molecule has 3 N–H and O–H groups in total. The van der Waals surface area contributed by atoms with Crippen LogP contribution in [0.2, 0.25) is 0 Å². The third-order valence-corrected chi connectivity index (χ3v) is 5.73. The van der Waals surface area contributed by atoms with Crippen molar-refractivity contribution >= 4 is 27.5 Å². The van der Waals surface area contributed by atoms with E-state index < -0.39 is 16.8 Å². The number of carbonyl (C=O) groups excluding carboxylic acids is 1. The smallest absolute Gasteiger partial charge is 0.245 e. The predicted molar refractivity (Wildman–Crippen MR) is 85.9 cm³/mol. The first-order valence-corrected chi connectivity index (χ1v) is 8.25. The molecule has 4 nitrogen and oxygen atoms in total. The zero-order valence-corrected chi connectivity index (χ0v) is 14.2. The molecule has 0 aromatic heterocycles. The Morgan fingerprint density at radius 3 is 2.95 bits per heavy atom. The molecule has 0 bridgehead atoms. The van der Waals surface area contributed by atoms with Crippen molar-refractivity contribution in [2.24, 2.45) is 17.1 Å². The number of nitrogens with one attached hydrogen (secondary N) is 1. The Labute approximate surface area is 137 Å². The summed E-state index contributed by atoms with van der Waals surface area (Å²) in [5, 5.41) is 2.66. The molecule has 3 atom stereocenters. The van der Waals surface area contributed by atoms with Crippen LogP contribution in [0.5, 0.6) is 0 Å². The first-order valence-electron chi connectivity index (χ1n) is 7.45. The number of nitrogens with two attached hydrogens (primary N) is 1. The van der Waals surface area contributed by atoms with Gasteiger partial charge in [0.25, 0.3) is 0 Å². The number of ether oxygens (including phenoxy) is 1. The summed E-state index contributed by atoms with van der Waals surface area (Å²) in [6.07, 6.45) is 1.75. The fourth-order valence-electron chi connectivity index (χ4n) is 3.86. The van der Waals surface area contributed by atoms with Gasteiger partial charge < -0.3 is 15.8 Å². The Morgan fingerprint density at radius 2 is 2.23 bits per heavy atom. The predicted octanol–water partition coefficient (Wildman–Crippen LogP) is 3.06. The van der Waals surface area contributed by atoms with Crippen molar-refractivity contribution in [1.82, 2.24) is 0 Å². The first-order chi connectivity index (χ1) is 10.3. The molecule has 6 heteroatoms. The average Bonchev–Trinajstić information content (AvgIpc) is 2.50. The third-order valence-electron chi connectivity index (χ3n) is 5.24. The van der Waals surface area contributed by atoms with Crippen molar-refractivity contribution in [1.29, 1.82) is 0 Å². The molecule has 1 amide bonds. The van der Waals surface area contributed by atoms with Gasteiger partial charge in [0.2, 0.25) is 5.91 Å². The lowest BCUT2D eigenvalue weighted by Gasteiger charge is -2.65. The van der Waals surface area contributed by atoms with E-state index in [-0.39, 0.29) is 23.6 Å². The Morgan fingerprint density at radius 1 is 1.50 bits per heavy atom. The molecule has 22 heavy (non-hydrogen) atoms. The van der Waals surface area contributed by atoms with E-state index in [9.17, 15) is 9.18 Å². The highest BCUT2D eigenvalue weighted by molar-refractivity contribution is 9.10. The summed E-state index contributed by atoms with van der Waals surface area (Å²) in [5.41, 5.74) is 5.10. The van der Waals surface area contributed by atoms with Gasteiger partial charge in [-0.2, -0.15) is 0 Å². The number of fused-ring (bicyclic) bond motifs is 1. The molecule has 1 aromatic rings. The minimum absolute atomic E-state index is 0.00986. The average molecular weight is 371 g/mol. The van der Waals surface area contributed by atoms with Crippen LogP contribution >= 0.6 is 15.9 Å². The second-order valence-electron chi connectivity index (χ2n) is 6.71. The molecule has 1 aliphatic carbocycles. The fourth-order valence-corrected chi connectivity index (χ4v) is 4.22. The van der Waals surface area contributed by atoms with E-state index in [1.807, 2.05) is 13.8 Å². The van der Waals surface area contributed by atoms with Gasteiger partial charge >= 0.3 is 0 Å². The Balaban J connectivity index is 1.86. The second-order valence-corrected chi connectivity index (χ2v) is 7.62. The zero-order chi connectivity index (χ0) is 16.1. The van der Waals surface area contributed by atoms with Gasteiger partial charge in [0.15, 0.2) is 0 Å². The maximum atomic E-state index is 13.9. The summed E-state index contributed by atoms with van der Waals surface area (Å²) in [4.78, 5) is 12.8. The molecule has 0 spiro atoms. The number of hydrogen-bond acceptors (Lipinski definition) is 3. The van der Waals surface area contributed by atoms with Gasteiger partial charge in [-0.05, 0) is 31.0 Å². The molecule has 1 aromatic carbocycles. The van der Waals surface area contributed by atoms with E-state index in [2.05, 4.69) is 21.2 Å². The normalized spacial score (nSPS) is 32.8. The second kappa shape index (κ2) is 5.28. The van der Waals surface area contributed by atoms with Gasteiger partial charge in [0.1, 0.15) is 11.4 Å². The van der Waals surface area contributed by atoms with Crippen molar-refractivity contribution in [3.05, 3.63) is 28.5 Å². The lowest BCUT2D eigenvalue weighted by molar-refractivity contribution is -0.222. The monoisotopic (exact) mass is 370 g/mol. The van der Waals surface area contributed by atoms with E-state index in [1.165, 1.54) is 12.1 Å². The SMILES string of the molecule is CC1(C)C2OCCCC2C1(N)C(=O)Nc1cc(Br)ccc1F. The molecular formula is C16H20BrFN2O2. The Kier molecular flexibility index (Phi) is 3.82. The van der Waals surface area contributed by atoms with E-state index in [0.717, 1.165) is 12.8 Å². The summed E-state index contributed by atoms with van der Waals surface area (Å²) >= 11 is 3.28. The minimum atomic E-state index is -1.05. The summed E-state index contributed by atoms with van der Waals surface area (Å²) in [7, 11) is 0. The summed E-state index contributed by atoms with van der Waals surface area (Å²) < 4.78 is 20.4. The minimum Gasteiger partial charge on any atom is -0.377 e. The molecule has 1 aliphatic heterocycles. The van der Waals surface area contributed by atoms with Gasteiger partial charge in [-0.3, -0.25) is 4.79 Å². The Hall–Kier alpha value is -0.980. The fraction of sp³-hybridized carbons (Fsp3) is 0.562. The number of halogens is 2. The van der Waals surface area contributed by atoms with E-state index in [1.54, 1.807) is 6.07 Å². The maximum absolute atomic E-state index is 13.9. The topological polar surface area (TPSA) is 64.3 Å². The lowest BCUT2D eigenvalue weighted by atomic mass is 9.46. The molecule has 1 saturated heterocycles. The largest absolute Gasteiger partial charge is 0.377 e.